The van der Waals surface area contributed by atoms with Gasteiger partial charge in [-0.2, -0.15) is 0 Å². The number of fused-ring (bicyclic) bond motifs is 34. The quantitative estimate of drug-likeness (QED) is 0.133. The Kier molecular flexibility index (Phi) is 13.5. The third kappa shape index (κ3) is 8.54. The summed E-state index contributed by atoms with van der Waals surface area (Å²) in [5.41, 5.74) is 34.3. The Balaban J connectivity index is 0.724. The largest absolute Gasteiger partial charge is 0.310 e. The lowest BCUT2D eigenvalue weighted by Crippen LogP contribution is -2.26. The van der Waals surface area contributed by atoms with Crippen molar-refractivity contribution in [3.8, 4) is 55.6 Å². The van der Waals surface area contributed by atoms with E-state index in [1.807, 2.05) is 0 Å². The number of benzene rings is 18. The molecule has 0 saturated carbocycles. The van der Waals surface area contributed by atoms with Crippen LogP contribution in [0.3, 0.4) is 0 Å². The van der Waals surface area contributed by atoms with Crippen LogP contribution in [0.5, 0.6) is 0 Å². The summed E-state index contributed by atoms with van der Waals surface area (Å²) in [5.74, 6) is 0.867. The lowest BCUT2D eigenvalue weighted by molar-refractivity contribution is 0.809. The fourth-order valence-corrected chi connectivity index (χ4v) is 20.4. The maximum absolute atomic E-state index is 2.53. The molecule has 0 aromatic heterocycles. The van der Waals surface area contributed by atoms with E-state index < -0.39 is 10.8 Å². The van der Waals surface area contributed by atoms with Crippen molar-refractivity contribution in [3.63, 3.8) is 0 Å². The molecular weight excluding hydrogens is 1300 g/mol. The van der Waals surface area contributed by atoms with Crippen LogP contribution in [0.25, 0.3) is 120 Å². The van der Waals surface area contributed by atoms with Crippen molar-refractivity contribution in [2.45, 2.75) is 64.2 Å². The Labute approximate surface area is 630 Å². The molecule has 510 valence electrons. The molecule has 0 amide bonds. The van der Waals surface area contributed by atoms with Crippen LogP contribution in [-0.2, 0) is 10.8 Å². The van der Waals surface area contributed by atoms with E-state index in [0.29, 0.717) is 11.8 Å². The second kappa shape index (κ2) is 23.3. The Morgan fingerprint density at radius 3 is 1.03 bits per heavy atom. The lowest BCUT2D eigenvalue weighted by atomic mass is 9.68. The Morgan fingerprint density at radius 2 is 0.574 bits per heavy atom. The average molecular weight is 1380 g/mol. The third-order valence-corrected chi connectivity index (χ3v) is 25.1. The summed E-state index contributed by atoms with van der Waals surface area (Å²) in [6.45, 7) is 13.6. The number of hydrogen-bond acceptors (Lipinski definition) is 2. The summed E-state index contributed by atoms with van der Waals surface area (Å²) in [5, 5.41) is 15.2. The normalized spacial score (nSPS) is 13.6. The van der Waals surface area contributed by atoms with Gasteiger partial charge in [-0.25, -0.2) is 0 Å². The van der Waals surface area contributed by atoms with Gasteiger partial charge in [0.05, 0.1) is 10.8 Å². The number of rotatable bonds is 9. The van der Waals surface area contributed by atoms with Crippen LogP contribution in [0, 0.1) is 13.8 Å². The summed E-state index contributed by atoms with van der Waals surface area (Å²) >= 11 is 0. The first-order valence-corrected chi connectivity index (χ1v) is 38.5. The van der Waals surface area contributed by atoms with Crippen molar-refractivity contribution < 1.29 is 0 Å². The second-order valence-electron chi connectivity index (χ2n) is 31.4. The molecule has 2 spiro atoms. The molecule has 2 heteroatoms. The molecule has 0 unspecified atom stereocenters. The van der Waals surface area contributed by atoms with Crippen LogP contribution in [0.4, 0.5) is 34.1 Å². The first-order valence-electron chi connectivity index (χ1n) is 38.5. The molecular formula is C106H76N2. The molecule has 0 aliphatic heterocycles. The van der Waals surface area contributed by atoms with Gasteiger partial charge in [-0.1, -0.05) is 294 Å². The van der Waals surface area contributed by atoms with Crippen molar-refractivity contribution in [2.24, 2.45) is 0 Å². The molecule has 0 N–H and O–H groups in total. The minimum absolute atomic E-state index is 0.433. The van der Waals surface area contributed by atoms with E-state index >= 15 is 0 Å². The third-order valence-electron chi connectivity index (χ3n) is 25.1. The van der Waals surface area contributed by atoms with Crippen molar-refractivity contribution in [1.82, 2.24) is 0 Å². The van der Waals surface area contributed by atoms with Gasteiger partial charge in [0, 0.05) is 34.1 Å². The molecule has 0 atom stereocenters. The number of hydrogen-bond donors (Lipinski definition) is 0. The fraction of sp³-hybridized carbons (Fsp3) is 0.0943. The minimum atomic E-state index is -0.647. The standard InChI is InChI=1S/C106H76N2/c1-63(2)67-38-48-73(49-39-67)107(74-50-40-68(41-51-74)64(3)4)75-52-57-78-69(59-75)43-56-92-100-88-29-11-8-23-82(88)94-61-71(42-54-90(94)104(100)106(102(78)92)97-33-19-15-26-85(97)86-27-16-20-34-98(86)106)93-62-77(47-37-66(93)6)108(72-45-35-65(5)36-46-72)76-53-58-79-70(60-76)44-55-91-99-87-28-10-7-21-80(87)81-22-9-12-30-89(81)103(99)105(101(79)91)95-31-17-13-24-83(95)84-25-14-18-32-96(84)105/h7-64H,1-6H3. The maximum atomic E-state index is 2.53. The molecule has 18 aromatic rings. The minimum Gasteiger partial charge on any atom is -0.310 e. The molecule has 4 aliphatic rings. The SMILES string of the molecule is Cc1ccc(N(c2ccc(C)c(-c3ccc4c5c(c6ccccc6c4c3)-c3ccc4cc(N(c6ccc(C(C)C)cc6)c6ccc(C(C)C)cc6)ccc4c3C53c4ccccc4-c4ccccc43)c2)c2ccc3c4c(ccc3c2)-c2c(c3ccccc3c3ccccc23)C42c3ccccc3-c3ccccc32)cc1. The molecule has 18 aromatic carbocycles. The summed E-state index contributed by atoms with van der Waals surface area (Å²) in [6.07, 6.45) is 0. The topological polar surface area (TPSA) is 6.48 Å². The van der Waals surface area contributed by atoms with Gasteiger partial charge in [0.2, 0.25) is 0 Å². The first-order chi connectivity index (χ1) is 53.1. The predicted molar refractivity (Wildman–Crippen MR) is 457 cm³/mol. The van der Waals surface area contributed by atoms with E-state index in [-0.39, 0.29) is 0 Å². The highest BCUT2D eigenvalue weighted by Gasteiger charge is 2.56. The van der Waals surface area contributed by atoms with Gasteiger partial charge in [0.25, 0.3) is 0 Å². The van der Waals surface area contributed by atoms with Crippen LogP contribution in [-0.4, -0.2) is 0 Å². The Bertz CT molecular complexity index is 6750. The second-order valence-corrected chi connectivity index (χ2v) is 31.4. The smallest absolute Gasteiger partial charge is 0.0737 e. The van der Waals surface area contributed by atoms with Gasteiger partial charge in [-0.3, -0.25) is 0 Å². The molecule has 0 heterocycles. The molecule has 4 aliphatic carbocycles. The van der Waals surface area contributed by atoms with Crippen LogP contribution < -0.4 is 9.80 Å². The summed E-state index contributed by atoms with van der Waals surface area (Å²) in [4.78, 5) is 4.93. The van der Waals surface area contributed by atoms with Gasteiger partial charge in [-0.05, 0) is 286 Å². The highest BCUT2D eigenvalue weighted by molar-refractivity contribution is 6.24. The van der Waals surface area contributed by atoms with E-state index in [9.17, 15) is 0 Å². The number of aryl methyl sites for hydroxylation is 2. The fourth-order valence-electron chi connectivity index (χ4n) is 20.4. The van der Waals surface area contributed by atoms with E-state index in [4.69, 9.17) is 0 Å². The highest BCUT2D eigenvalue weighted by Crippen LogP contribution is 2.69. The molecule has 22 rings (SSSR count). The highest BCUT2D eigenvalue weighted by atomic mass is 15.1. The van der Waals surface area contributed by atoms with E-state index in [1.54, 1.807) is 0 Å². The van der Waals surface area contributed by atoms with Crippen LogP contribution in [0.2, 0.25) is 0 Å². The van der Waals surface area contributed by atoms with E-state index in [0.717, 1.165) is 34.1 Å². The molecule has 2 nitrogen and oxygen atoms in total. The molecule has 0 bridgehead atoms. The maximum Gasteiger partial charge on any atom is 0.0737 e. The predicted octanol–water partition coefficient (Wildman–Crippen LogP) is 28.8. The van der Waals surface area contributed by atoms with Gasteiger partial charge >= 0.3 is 0 Å². The number of nitrogens with zero attached hydrogens (tertiary/aromatic N) is 2. The summed E-state index contributed by atoms with van der Waals surface area (Å²) < 4.78 is 0. The summed E-state index contributed by atoms with van der Waals surface area (Å²) in [6, 6.07) is 131. The van der Waals surface area contributed by atoms with Crippen molar-refractivity contribution in [2.75, 3.05) is 9.80 Å². The molecule has 0 fully saturated rings. The monoisotopic (exact) mass is 1380 g/mol. The van der Waals surface area contributed by atoms with Crippen LogP contribution >= 0.6 is 0 Å². The van der Waals surface area contributed by atoms with Crippen molar-refractivity contribution in [3.05, 3.63) is 406 Å². The first kappa shape index (κ1) is 62.5. The lowest BCUT2D eigenvalue weighted by Gasteiger charge is -2.33. The summed E-state index contributed by atoms with van der Waals surface area (Å²) in [7, 11) is 0. The van der Waals surface area contributed by atoms with Crippen molar-refractivity contribution >= 4 is 98.8 Å². The Morgan fingerprint density at radius 1 is 0.231 bits per heavy atom. The van der Waals surface area contributed by atoms with Crippen molar-refractivity contribution in [1.29, 1.82) is 0 Å². The number of anilines is 6. The van der Waals surface area contributed by atoms with Gasteiger partial charge < -0.3 is 9.80 Å². The molecule has 0 radical (unpaired) electrons. The van der Waals surface area contributed by atoms with E-state index in [2.05, 4.69) is 391 Å². The van der Waals surface area contributed by atoms with Crippen LogP contribution in [0.15, 0.2) is 340 Å². The van der Waals surface area contributed by atoms with Gasteiger partial charge in [0.15, 0.2) is 0 Å². The van der Waals surface area contributed by atoms with Gasteiger partial charge in [0.1, 0.15) is 0 Å². The zero-order chi connectivity index (χ0) is 72.0. The zero-order valence-electron chi connectivity index (χ0n) is 61.4. The molecule has 108 heavy (non-hydrogen) atoms. The average Bonchev–Trinajstić information content (AvgIpc) is 1.49. The zero-order valence-corrected chi connectivity index (χ0v) is 61.4. The van der Waals surface area contributed by atoms with Crippen LogP contribution in [0.1, 0.15) is 106 Å². The molecule has 0 saturated heterocycles. The van der Waals surface area contributed by atoms with E-state index in [1.165, 1.54) is 187 Å². The Hall–Kier alpha value is -12.9. The van der Waals surface area contributed by atoms with Gasteiger partial charge in [-0.15, -0.1) is 0 Å².